The second-order valence-electron chi connectivity index (χ2n) is 6.46. The van der Waals surface area contributed by atoms with Crippen LogP contribution in [0.4, 0.5) is 4.79 Å². The predicted molar refractivity (Wildman–Crippen MR) is 74.2 cm³/mol. The van der Waals surface area contributed by atoms with Crippen LogP contribution in [0, 0.1) is 5.92 Å². The van der Waals surface area contributed by atoms with Crippen LogP contribution >= 0.6 is 0 Å². The van der Waals surface area contributed by atoms with Gasteiger partial charge >= 0.3 is 6.09 Å². The summed E-state index contributed by atoms with van der Waals surface area (Å²) < 4.78 is 5.41. The number of hydrogen-bond acceptors (Lipinski definition) is 4. The first-order valence-corrected chi connectivity index (χ1v) is 7.16. The summed E-state index contributed by atoms with van der Waals surface area (Å²) in [6, 6.07) is 0. The largest absolute Gasteiger partial charge is 0.444 e. The molecule has 0 aromatic carbocycles. The molecule has 1 rings (SSSR count). The fourth-order valence-corrected chi connectivity index (χ4v) is 2.40. The van der Waals surface area contributed by atoms with Crippen molar-refractivity contribution in [3.63, 3.8) is 0 Å². The summed E-state index contributed by atoms with van der Waals surface area (Å²) in [5.74, 6) is 0.529. The molecule has 1 amide bonds. The Hall–Kier alpha value is -0.810. The fourth-order valence-electron chi connectivity index (χ4n) is 2.40. The number of rotatable bonds is 4. The minimum absolute atomic E-state index is 0.198. The van der Waals surface area contributed by atoms with Crippen LogP contribution in [0.25, 0.3) is 0 Å². The van der Waals surface area contributed by atoms with Crippen molar-refractivity contribution >= 4 is 6.09 Å². The number of likely N-dealkylation sites (tertiary alicyclic amines) is 1. The molecule has 5 heteroatoms. The van der Waals surface area contributed by atoms with Gasteiger partial charge in [-0.1, -0.05) is 0 Å². The molecule has 1 fully saturated rings. The fraction of sp³-hybridized carbons (Fsp3) is 0.929. The number of hydroxylamine groups is 2. The standard InChI is InChI=1S/C14H28N2O3/c1-14(2,3)19-13(17)16-10-6-8-12(11-16)7-5-9-15(4)18/h12,18H,5-11H2,1-4H3. The van der Waals surface area contributed by atoms with Crippen molar-refractivity contribution in [2.24, 2.45) is 5.92 Å². The van der Waals surface area contributed by atoms with Crippen molar-refractivity contribution in [2.45, 2.75) is 52.1 Å². The molecule has 1 aliphatic heterocycles. The number of hydrogen-bond donors (Lipinski definition) is 1. The second-order valence-corrected chi connectivity index (χ2v) is 6.46. The molecule has 0 saturated carbocycles. The van der Waals surface area contributed by atoms with Gasteiger partial charge in [-0.3, -0.25) is 0 Å². The van der Waals surface area contributed by atoms with Gasteiger partial charge in [-0.2, -0.15) is 5.06 Å². The zero-order valence-corrected chi connectivity index (χ0v) is 12.7. The number of ether oxygens (including phenoxy) is 1. The van der Waals surface area contributed by atoms with Gasteiger partial charge in [-0.25, -0.2) is 4.79 Å². The zero-order valence-electron chi connectivity index (χ0n) is 12.7. The smallest absolute Gasteiger partial charge is 0.410 e. The van der Waals surface area contributed by atoms with Crippen molar-refractivity contribution in [1.29, 1.82) is 0 Å². The van der Waals surface area contributed by atoms with E-state index in [0.717, 1.165) is 38.8 Å². The number of piperidine rings is 1. The molecule has 0 bridgehead atoms. The SMILES string of the molecule is CN(O)CCCC1CCCN(C(=O)OC(C)(C)C)C1. The summed E-state index contributed by atoms with van der Waals surface area (Å²) in [5, 5.41) is 10.3. The Morgan fingerprint density at radius 2 is 2.16 bits per heavy atom. The monoisotopic (exact) mass is 272 g/mol. The first-order valence-electron chi connectivity index (χ1n) is 7.16. The maximum Gasteiger partial charge on any atom is 0.410 e. The molecule has 1 unspecified atom stereocenters. The maximum absolute atomic E-state index is 12.0. The zero-order chi connectivity index (χ0) is 14.5. The normalized spacial score (nSPS) is 20.7. The summed E-state index contributed by atoms with van der Waals surface area (Å²) in [4.78, 5) is 13.8. The third kappa shape index (κ3) is 6.78. The molecule has 5 nitrogen and oxygen atoms in total. The van der Waals surface area contributed by atoms with Gasteiger partial charge in [-0.05, 0) is 52.4 Å². The van der Waals surface area contributed by atoms with Gasteiger partial charge in [0.1, 0.15) is 5.60 Å². The third-order valence-corrected chi connectivity index (χ3v) is 3.26. The Labute approximate surface area is 116 Å². The molecule has 1 heterocycles. The lowest BCUT2D eigenvalue weighted by Gasteiger charge is -2.34. The molecule has 0 aromatic heterocycles. The van der Waals surface area contributed by atoms with E-state index in [1.54, 1.807) is 7.05 Å². The predicted octanol–water partition coefficient (Wildman–Crippen LogP) is 2.73. The summed E-state index contributed by atoms with van der Waals surface area (Å²) in [6.45, 7) is 7.94. The summed E-state index contributed by atoms with van der Waals surface area (Å²) in [6.07, 6.45) is 4.01. The first kappa shape index (κ1) is 16.2. The Morgan fingerprint density at radius 1 is 1.47 bits per heavy atom. The van der Waals surface area contributed by atoms with Crippen LogP contribution in [0.1, 0.15) is 46.5 Å². The number of amides is 1. The summed E-state index contributed by atoms with van der Waals surface area (Å²) >= 11 is 0. The lowest BCUT2D eigenvalue weighted by atomic mass is 9.93. The highest BCUT2D eigenvalue weighted by Gasteiger charge is 2.27. The average molecular weight is 272 g/mol. The van der Waals surface area contributed by atoms with Crippen LogP contribution in [-0.4, -0.2) is 53.5 Å². The summed E-state index contributed by atoms with van der Waals surface area (Å²) in [5.41, 5.74) is -0.427. The van der Waals surface area contributed by atoms with E-state index in [-0.39, 0.29) is 6.09 Å². The minimum atomic E-state index is -0.427. The van der Waals surface area contributed by atoms with E-state index in [0.29, 0.717) is 12.5 Å². The van der Waals surface area contributed by atoms with E-state index in [2.05, 4.69) is 0 Å². The quantitative estimate of drug-likeness (QED) is 0.800. The van der Waals surface area contributed by atoms with Crippen molar-refractivity contribution in [2.75, 3.05) is 26.7 Å². The van der Waals surface area contributed by atoms with Gasteiger partial charge in [0.15, 0.2) is 0 Å². The highest BCUT2D eigenvalue weighted by molar-refractivity contribution is 5.68. The van der Waals surface area contributed by atoms with Gasteiger partial charge in [0.2, 0.25) is 0 Å². The molecule has 19 heavy (non-hydrogen) atoms. The number of carbonyl (C=O) groups is 1. The van der Waals surface area contributed by atoms with E-state index >= 15 is 0 Å². The van der Waals surface area contributed by atoms with Gasteiger partial charge in [0, 0.05) is 26.7 Å². The van der Waals surface area contributed by atoms with E-state index in [1.165, 1.54) is 5.06 Å². The van der Waals surface area contributed by atoms with E-state index in [1.807, 2.05) is 25.7 Å². The van der Waals surface area contributed by atoms with Crippen LogP contribution in [0.5, 0.6) is 0 Å². The Morgan fingerprint density at radius 3 is 2.74 bits per heavy atom. The van der Waals surface area contributed by atoms with Gasteiger partial charge in [0.25, 0.3) is 0 Å². The van der Waals surface area contributed by atoms with Crippen LogP contribution in [-0.2, 0) is 4.74 Å². The lowest BCUT2D eigenvalue weighted by Crippen LogP contribution is -2.43. The van der Waals surface area contributed by atoms with Crippen molar-refractivity contribution < 1.29 is 14.7 Å². The summed E-state index contributed by atoms with van der Waals surface area (Å²) in [7, 11) is 1.66. The number of carbonyl (C=O) groups excluding carboxylic acids is 1. The Balaban J connectivity index is 2.35. The highest BCUT2D eigenvalue weighted by atomic mass is 16.6. The maximum atomic E-state index is 12.0. The van der Waals surface area contributed by atoms with Crippen molar-refractivity contribution in [3.05, 3.63) is 0 Å². The minimum Gasteiger partial charge on any atom is -0.444 e. The van der Waals surface area contributed by atoms with Crippen LogP contribution < -0.4 is 0 Å². The van der Waals surface area contributed by atoms with Crippen LogP contribution in [0.2, 0.25) is 0 Å². The topological polar surface area (TPSA) is 53.0 Å². The third-order valence-electron chi connectivity index (χ3n) is 3.26. The molecule has 0 aliphatic carbocycles. The number of nitrogens with zero attached hydrogens (tertiary/aromatic N) is 2. The van der Waals surface area contributed by atoms with Crippen LogP contribution in [0.3, 0.4) is 0 Å². The van der Waals surface area contributed by atoms with Crippen LogP contribution in [0.15, 0.2) is 0 Å². The van der Waals surface area contributed by atoms with E-state index in [9.17, 15) is 4.79 Å². The van der Waals surface area contributed by atoms with E-state index < -0.39 is 5.60 Å². The average Bonchev–Trinajstić information content (AvgIpc) is 2.26. The van der Waals surface area contributed by atoms with Crippen molar-refractivity contribution in [3.8, 4) is 0 Å². The highest BCUT2D eigenvalue weighted by Crippen LogP contribution is 2.22. The Bertz CT molecular complexity index is 287. The molecule has 0 spiro atoms. The molecule has 0 aromatic rings. The van der Waals surface area contributed by atoms with Gasteiger partial charge < -0.3 is 14.8 Å². The van der Waals surface area contributed by atoms with Gasteiger partial charge in [0.05, 0.1) is 0 Å². The molecule has 112 valence electrons. The molecule has 1 saturated heterocycles. The Kier molecular flexibility index (Phi) is 6.07. The first-order chi connectivity index (χ1) is 8.78. The van der Waals surface area contributed by atoms with Crippen molar-refractivity contribution in [1.82, 2.24) is 9.96 Å². The second kappa shape index (κ2) is 7.10. The molecular weight excluding hydrogens is 244 g/mol. The molecular formula is C14H28N2O3. The molecule has 1 aliphatic rings. The molecule has 1 N–H and O–H groups in total. The molecule has 0 radical (unpaired) electrons. The van der Waals surface area contributed by atoms with E-state index in [4.69, 9.17) is 9.94 Å². The van der Waals surface area contributed by atoms with Gasteiger partial charge in [-0.15, -0.1) is 0 Å². The lowest BCUT2D eigenvalue weighted by molar-refractivity contribution is -0.0666. The molecule has 1 atom stereocenters.